The van der Waals surface area contributed by atoms with Crippen LogP contribution >= 0.6 is 0 Å². The zero-order valence-corrected chi connectivity index (χ0v) is 14.3. The van der Waals surface area contributed by atoms with Crippen molar-refractivity contribution in [3.63, 3.8) is 0 Å². The van der Waals surface area contributed by atoms with E-state index in [9.17, 15) is 8.42 Å². The highest BCUT2D eigenvalue weighted by Gasteiger charge is 2.20. The molecule has 0 aliphatic carbocycles. The molecule has 0 spiro atoms. The predicted molar refractivity (Wildman–Crippen MR) is 87.6 cm³/mol. The zero-order chi connectivity index (χ0) is 16.8. The van der Waals surface area contributed by atoms with Gasteiger partial charge in [0.05, 0.1) is 5.69 Å². The third-order valence-electron chi connectivity index (χ3n) is 3.16. The second kappa shape index (κ2) is 9.38. The van der Waals surface area contributed by atoms with Gasteiger partial charge in [0.2, 0.25) is 0 Å². The Hall–Kier alpha value is -1.78. The van der Waals surface area contributed by atoms with Crippen LogP contribution in [0.4, 0.5) is 17.3 Å². The monoisotopic (exact) mass is 350 g/mol. The molecule has 0 aliphatic rings. The Morgan fingerprint density at radius 2 is 1.57 bits per heavy atom. The lowest BCUT2D eigenvalue weighted by molar-refractivity contribution is -0.833. The summed E-state index contributed by atoms with van der Waals surface area (Å²) < 4.78 is 35.3. The maximum atomic E-state index is 10.8. The standard InChI is InChI=1S/C13H24N4O4S.H2O/c1-3-5-7-16(8-6-4-2)11-9-12(14)17(13(15)10-11)21-22(18,19)20;/h9-10H,3-8H2,1-2H3,(H4,14,15,18,19,20);1H2. The molecular formula is C13H26N4O5S. The second-order valence-electron chi connectivity index (χ2n) is 5.05. The van der Waals surface area contributed by atoms with Gasteiger partial charge in [0.1, 0.15) is 0 Å². The van der Waals surface area contributed by atoms with Crippen molar-refractivity contribution in [2.45, 2.75) is 39.5 Å². The first-order chi connectivity index (χ1) is 10.3. The Morgan fingerprint density at radius 3 is 1.91 bits per heavy atom. The predicted octanol–water partition coefficient (Wildman–Crippen LogP) is 0.600. The van der Waals surface area contributed by atoms with Gasteiger partial charge in [-0.15, -0.1) is 0 Å². The molecule has 1 rings (SSSR count). The molecule has 0 atom stereocenters. The maximum absolute atomic E-state index is 10.8. The van der Waals surface area contributed by atoms with Crippen molar-refractivity contribution < 1.29 is 27.5 Å². The van der Waals surface area contributed by atoms with Crippen LogP contribution in [0.5, 0.6) is 0 Å². The Morgan fingerprint density at radius 1 is 1.13 bits per heavy atom. The highest BCUT2D eigenvalue weighted by molar-refractivity contribution is 7.80. The first-order valence-electron chi connectivity index (χ1n) is 7.31. The smallest absolute Gasteiger partial charge is 0.476 e. The summed E-state index contributed by atoms with van der Waals surface area (Å²) in [4.78, 5) is 2.15. The van der Waals surface area contributed by atoms with Crippen molar-refractivity contribution >= 4 is 27.7 Å². The number of unbranched alkanes of at least 4 members (excludes halogenated alkanes) is 2. The maximum Gasteiger partial charge on any atom is 0.476 e. The molecule has 0 fully saturated rings. The third-order valence-corrected chi connectivity index (χ3v) is 3.50. The summed E-state index contributed by atoms with van der Waals surface area (Å²) in [6.45, 7) is 5.94. The fraction of sp³-hybridized carbons (Fsp3) is 0.615. The molecule has 0 amide bonds. The van der Waals surface area contributed by atoms with E-state index in [1.54, 1.807) is 12.1 Å². The van der Waals surface area contributed by atoms with Crippen molar-refractivity contribution in [3.8, 4) is 0 Å². The van der Waals surface area contributed by atoms with E-state index in [1.165, 1.54) is 0 Å². The molecule has 0 saturated carbocycles. The fourth-order valence-electron chi connectivity index (χ4n) is 2.04. The Balaban J connectivity index is 0.00000484. The van der Waals surface area contributed by atoms with Gasteiger partial charge in [0.15, 0.2) is 0 Å². The van der Waals surface area contributed by atoms with Gasteiger partial charge in [-0.1, -0.05) is 26.7 Å². The summed E-state index contributed by atoms with van der Waals surface area (Å²) in [6.07, 6.45) is 4.18. The summed E-state index contributed by atoms with van der Waals surface area (Å²) >= 11 is 0. The first-order valence-corrected chi connectivity index (χ1v) is 8.68. The molecular weight excluding hydrogens is 324 g/mol. The Kier molecular flexibility index (Phi) is 8.65. The van der Waals surface area contributed by atoms with Crippen LogP contribution < -0.4 is 25.4 Å². The van der Waals surface area contributed by atoms with Gasteiger partial charge >= 0.3 is 10.4 Å². The summed E-state index contributed by atoms with van der Waals surface area (Å²) in [5.41, 5.74) is 12.4. The van der Waals surface area contributed by atoms with E-state index in [0.29, 0.717) is 4.73 Å². The second-order valence-corrected chi connectivity index (χ2v) is 6.06. The van der Waals surface area contributed by atoms with Gasteiger partial charge < -0.3 is 21.8 Å². The average molecular weight is 350 g/mol. The third kappa shape index (κ3) is 6.89. The van der Waals surface area contributed by atoms with E-state index < -0.39 is 10.4 Å². The van der Waals surface area contributed by atoms with Crippen LogP contribution in [0, 0.1) is 0 Å². The topological polar surface area (TPSA) is 153 Å². The fourth-order valence-corrected chi connectivity index (χ4v) is 2.40. The van der Waals surface area contributed by atoms with E-state index in [0.717, 1.165) is 44.5 Å². The molecule has 0 saturated heterocycles. The van der Waals surface area contributed by atoms with E-state index in [4.69, 9.17) is 16.0 Å². The lowest BCUT2D eigenvalue weighted by Crippen LogP contribution is -2.50. The molecule has 0 bridgehead atoms. The molecule has 0 unspecified atom stereocenters. The van der Waals surface area contributed by atoms with Crippen molar-refractivity contribution in [2.24, 2.45) is 0 Å². The number of rotatable bonds is 9. The van der Waals surface area contributed by atoms with Gasteiger partial charge in [0, 0.05) is 25.2 Å². The van der Waals surface area contributed by atoms with Crippen molar-refractivity contribution in [1.82, 2.24) is 0 Å². The number of hydrogen-bond acceptors (Lipinski definition) is 7. The molecule has 23 heavy (non-hydrogen) atoms. The largest absolute Gasteiger partial charge is 0.870 e. The van der Waals surface area contributed by atoms with Crippen molar-refractivity contribution in [3.05, 3.63) is 12.1 Å². The molecule has 134 valence electrons. The van der Waals surface area contributed by atoms with E-state index >= 15 is 0 Å². The van der Waals surface area contributed by atoms with Crippen LogP contribution in [0.2, 0.25) is 0 Å². The molecule has 9 nitrogen and oxygen atoms in total. The highest BCUT2D eigenvalue weighted by Crippen LogP contribution is 2.19. The highest BCUT2D eigenvalue weighted by atomic mass is 32.3. The summed E-state index contributed by atoms with van der Waals surface area (Å²) in [5, 5.41) is 0. The minimum atomic E-state index is -4.69. The molecule has 10 heteroatoms. The molecule has 0 radical (unpaired) electrons. The normalized spacial score (nSPS) is 10.9. The van der Waals surface area contributed by atoms with Gasteiger partial charge in [-0.3, -0.25) is 4.55 Å². The lowest BCUT2D eigenvalue weighted by Gasteiger charge is -2.24. The van der Waals surface area contributed by atoms with Gasteiger partial charge in [-0.2, -0.15) is 8.42 Å². The van der Waals surface area contributed by atoms with Crippen LogP contribution in [-0.4, -0.2) is 31.5 Å². The molecule has 1 aromatic heterocycles. The molecule has 0 aromatic carbocycles. The Bertz CT molecular complexity index is 563. The molecule has 1 aromatic rings. The first kappa shape index (κ1) is 21.2. The number of nitrogen functional groups attached to an aromatic ring is 2. The van der Waals surface area contributed by atoms with Crippen LogP contribution in [0.1, 0.15) is 39.5 Å². The minimum Gasteiger partial charge on any atom is -0.870 e. The number of anilines is 3. The summed E-state index contributed by atoms with van der Waals surface area (Å²) in [7, 11) is -4.69. The van der Waals surface area contributed by atoms with Gasteiger partial charge in [-0.25, -0.2) is 4.28 Å². The Labute approximate surface area is 137 Å². The van der Waals surface area contributed by atoms with Crippen LogP contribution in [0.3, 0.4) is 0 Å². The average Bonchev–Trinajstić information content (AvgIpc) is 2.42. The molecule has 6 N–H and O–H groups in total. The number of nitrogens with two attached hydrogens (primary N) is 2. The summed E-state index contributed by atoms with van der Waals surface area (Å²) in [6, 6.07) is 3.15. The van der Waals surface area contributed by atoms with Gasteiger partial charge in [0.25, 0.3) is 11.6 Å². The SMILES string of the molecule is CCCCN(CCCC)c1cc(N)[n+](OS(=O)(=O)O)c(N)c1.[OH-]. The van der Waals surface area contributed by atoms with Crippen molar-refractivity contribution in [2.75, 3.05) is 29.5 Å². The van der Waals surface area contributed by atoms with E-state index in [2.05, 4.69) is 23.0 Å². The summed E-state index contributed by atoms with van der Waals surface area (Å²) in [5.74, 6) is -0.0174. The van der Waals surface area contributed by atoms with E-state index in [-0.39, 0.29) is 17.1 Å². The zero-order valence-electron chi connectivity index (χ0n) is 13.5. The number of hydrogen-bond donors (Lipinski definition) is 3. The molecule has 0 aliphatic heterocycles. The van der Waals surface area contributed by atoms with Crippen LogP contribution in [0.15, 0.2) is 12.1 Å². The number of aromatic nitrogens is 1. The quantitative estimate of drug-likeness (QED) is 0.432. The van der Waals surface area contributed by atoms with Crippen molar-refractivity contribution in [1.29, 1.82) is 0 Å². The molecule has 1 heterocycles. The van der Waals surface area contributed by atoms with Crippen LogP contribution in [0.25, 0.3) is 0 Å². The number of pyridine rings is 1. The lowest BCUT2D eigenvalue weighted by atomic mass is 10.2. The number of nitrogens with zero attached hydrogens (tertiary/aromatic N) is 2. The van der Waals surface area contributed by atoms with Crippen LogP contribution in [-0.2, 0) is 10.4 Å². The van der Waals surface area contributed by atoms with E-state index in [1.807, 2.05) is 0 Å². The minimum absolute atomic E-state index is 0. The van der Waals surface area contributed by atoms with Gasteiger partial charge in [-0.05, 0) is 17.6 Å².